The molecule has 0 aliphatic rings. The molecule has 1 atom stereocenters. The molecule has 0 rings (SSSR count). The van der Waals surface area contributed by atoms with E-state index in [0.717, 1.165) is 0 Å². The molecular weight excluding hydrogens is 238 g/mol. The van der Waals surface area contributed by atoms with Crippen LogP contribution in [0, 0.1) is 0 Å². The molecule has 0 aliphatic carbocycles. The average Bonchev–Trinajstić information content (AvgIpc) is 1.92. The number of nitrogens with zero attached hydrogens (tertiary/aromatic N) is 1. The third kappa shape index (κ3) is 9.89. The summed E-state index contributed by atoms with van der Waals surface area (Å²) < 4.78 is 10.6. The van der Waals surface area contributed by atoms with Gasteiger partial charge in [0.25, 0.3) is 0 Å². The van der Waals surface area contributed by atoms with Crippen molar-refractivity contribution in [3.05, 3.63) is 0 Å². The number of carboxylic acids is 1. The van der Waals surface area contributed by atoms with Crippen molar-refractivity contribution in [1.82, 2.24) is 0 Å². The molecule has 0 aromatic carbocycles. The van der Waals surface area contributed by atoms with E-state index >= 15 is 0 Å². The van der Waals surface area contributed by atoms with Crippen molar-refractivity contribution in [2.24, 2.45) is 0 Å². The summed E-state index contributed by atoms with van der Waals surface area (Å²) in [5.74, 6) is -1.00. The smallest absolute Gasteiger partial charge is 0.481 e. The monoisotopic (exact) mass is 262 g/mol. The number of aliphatic carboxylic acids is 1. The second-order valence-corrected chi connectivity index (χ2v) is 6.28. The molecule has 0 aliphatic heterocycles. The zero-order chi connectivity index (χ0) is 14.6. The topological polar surface area (TPSA) is 72.8 Å². The number of likely N-dealkylation sites (N-methyl/N-ethyl adjacent to an activating group) is 1. The van der Waals surface area contributed by atoms with Gasteiger partial charge in [-0.05, 0) is 20.8 Å². The van der Waals surface area contributed by atoms with Crippen molar-refractivity contribution in [3.63, 3.8) is 0 Å². The molecule has 18 heavy (non-hydrogen) atoms. The second-order valence-electron chi connectivity index (χ2n) is 6.28. The highest BCUT2D eigenvalue weighted by molar-refractivity contribution is 5.68. The summed E-state index contributed by atoms with van der Waals surface area (Å²) in [6.45, 7) is 5.58. The summed E-state index contributed by atoms with van der Waals surface area (Å²) in [7, 11) is 5.69. The van der Waals surface area contributed by atoms with Crippen molar-refractivity contribution in [3.8, 4) is 0 Å². The first kappa shape index (κ1) is 16.7. The molecular formula is C12H24NO5+. The van der Waals surface area contributed by atoms with Gasteiger partial charge in [-0.25, -0.2) is 4.79 Å². The Morgan fingerprint density at radius 3 is 2.06 bits per heavy atom. The van der Waals surface area contributed by atoms with E-state index in [1.807, 2.05) is 21.1 Å². The molecule has 0 bridgehead atoms. The first-order chi connectivity index (χ1) is 7.89. The fourth-order valence-corrected chi connectivity index (χ4v) is 1.36. The predicted molar refractivity (Wildman–Crippen MR) is 66.3 cm³/mol. The normalized spacial score (nSPS) is 13.9. The Bertz CT molecular complexity index is 301. The average molecular weight is 262 g/mol. The van der Waals surface area contributed by atoms with Crippen LogP contribution in [-0.4, -0.2) is 61.1 Å². The van der Waals surface area contributed by atoms with Crippen molar-refractivity contribution in [2.75, 3.05) is 27.7 Å². The number of hydrogen-bond acceptors (Lipinski definition) is 4. The lowest BCUT2D eigenvalue weighted by Gasteiger charge is -2.29. The van der Waals surface area contributed by atoms with E-state index in [1.165, 1.54) is 0 Å². The van der Waals surface area contributed by atoms with Crippen molar-refractivity contribution >= 4 is 12.1 Å². The van der Waals surface area contributed by atoms with Gasteiger partial charge in [-0.2, -0.15) is 0 Å². The van der Waals surface area contributed by atoms with Gasteiger partial charge >= 0.3 is 12.1 Å². The van der Waals surface area contributed by atoms with Gasteiger partial charge in [0.1, 0.15) is 12.1 Å². The molecule has 0 saturated carbocycles. The molecule has 0 aromatic rings. The molecule has 106 valence electrons. The first-order valence-electron chi connectivity index (χ1n) is 5.81. The number of carbonyl (C=O) groups excluding carboxylic acids is 1. The fourth-order valence-electron chi connectivity index (χ4n) is 1.36. The lowest BCUT2D eigenvalue weighted by molar-refractivity contribution is -0.873. The van der Waals surface area contributed by atoms with Crippen LogP contribution in [0.5, 0.6) is 0 Å². The molecule has 0 unspecified atom stereocenters. The van der Waals surface area contributed by atoms with E-state index in [0.29, 0.717) is 11.0 Å². The Hall–Kier alpha value is -1.30. The van der Waals surface area contributed by atoms with Crippen LogP contribution in [0.1, 0.15) is 27.2 Å². The van der Waals surface area contributed by atoms with Crippen LogP contribution in [0.15, 0.2) is 0 Å². The molecule has 6 nitrogen and oxygen atoms in total. The quantitative estimate of drug-likeness (QED) is 0.600. The van der Waals surface area contributed by atoms with Gasteiger partial charge in [-0.1, -0.05) is 0 Å². The van der Waals surface area contributed by atoms with Gasteiger partial charge < -0.3 is 19.1 Å². The molecule has 0 aromatic heterocycles. The van der Waals surface area contributed by atoms with Crippen molar-refractivity contribution in [2.45, 2.75) is 38.9 Å². The second kappa shape index (κ2) is 6.04. The zero-order valence-electron chi connectivity index (χ0n) is 12.0. The number of carboxylic acid groups (broad SMARTS) is 1. The standard InChI is InChI=1S/C12H23NO5/c1-12(2,3)18-11(16)17-9(7-10(14)15)8-13(4,5)6/h9H,7-8H2,1-6H3/p+1/t9-/m1/s1. The summed E-state index contributed by atoms with van der Waals surface area (Å²) in [6.07, 6.45) is -1.76. The fraction of sp³-hybridized carbons (Fsp3) is 0.833. The van der Waals surface area contributed by atoms with E-state index in [2.05, 4.69) is 0 Å². The number of carbonyl (C=O) groups is 2. The van der Waals surface area contributed by atoms with E-state index in [-0.39, 0.29) is 6.42 Å². The van der Waals surface area contributed by atoms with E-state index < -0.39 is 23.8 Å². The molecule has 0 amide bonds. The van der Waals surface area contributed by atoms with Gasteiger partial charge in [0.15, 0.2) is 6.10 Å². The third-order valence-corrected chi connectivity index (χ3v) is 1.81. The molecule has 0 spiro atoms. The lowest BCUT2D eigenvalue weighted by Crippen LogP contribution is -2.44. The molecule has 6 heteroatoms. The number of rotatable bonds is 5. The van der Waals surface area contributed by atoms with Crippen LogP contribution in [0.4, 0.5) is 4.79 Å². The predicted octanol–water partition coefficient (Wildman–Crippen LogP) is 1.49. The number of quaternary nitrogens is 1. The summed E-state index contributed by atoms with van der Waals surface area (Å²) in [6, 6.07) is 0. The van der Waals surface area contributed by atoms with E-state index in [4.69, 9.17) is 14.6 Å². The Labute approximate surface area is 108 Å². The largest absolute Gasteiger partial charge is 0.509 e. The number of hydrogen-bond donors (Lipinski definition) is 1. The zero-order valence-corrected chi connectivity index (χ0v) is 12.0. The summed E-state index contributed by atoms with van der Waals surface area (Å²) in [5.41, 5.74) is -0.651. The third-order valence-electron chi connectivity index (χ3n) is 1.81. The molecule has 1 N–H and O–H groups in total. The summed E-state index contributed by atoms with van der Waals surface area (Å²) >= 11 is 0. The van der Waals surface area contributed by atoms with Crippen molar-refractivity contribution < 1.29 is 28.7 Å². The Morgan fingerprint density at radius 1 is 1.22 bits per heavy atom. The minimum atomic E-state index is -1.00. The van der Waals surface area contributed by atoms with Crippen LogP contribution >= 0.6 is 0 Å². The van der Waals surface area contributed by atoms with Crippen molar-refractivity contribution in [1.29, 1.82) is 0 Å². The van der Waals surface area contributed by atoms with Crippen LogP contribution in [0.25, 0.3) is 0 Å². The minimum Gasteiger partial charge on any atom is -0.481 e. The highest BCUT2D eigenvalue weighted by atomic mass is 16.7. The maximum atomic E-state index is 11.5. The maximum Gasteiger partial charge on any atom is 0.509 e. The molecule has 0 saturated heterocycles. The minimum absolute atomic E-state index is 0.227. The van der Waals surface area contributed by atoms with E-state index in [9.17, 15) is 9.59 Å². The summed E-state index contributed by atoms with van der Waals surface area (Å²) in [5, 5.41) is 8.79. The van der Waals surface area contributed by atoms with Gasteiger partial charge in [-0.15, -0.1) is 0 Å². The Kier molecular flexibility index (Phi) is 5.60. The first-order valence-corrected chi connectivity index (χ1v) is 5.81. The summed E-state index contributed by atoms with van der Waals surface area (Å²) in [4.78, 5) is 22.2. The molecule has 0 heterocycles. The number of ether oxygens (including phenoxy) is 2. The molecule has 0 radical (unpaired) electrons. The van der Waals surface area contributed by atoms with Gasteiger partial charge in [0.05, 0.1) is 27.6 Å². The van der Waals surface area contributed by atoms with Gasteiger partial charge in [0, 0.05) is 0 Å². The lowest BCUT2D eigenvalue weighted by atomic mass is 10.2. The Balaban J connectivity index is 4.50. The van der Waals surface area contributed by atoms with Gasteiger partial charge in [-0.3, -0.25) is 4.79 Å². The van der Waals surface area contributed by atoms with E-state index in [1.54, 1.807) is 20.8 Å². The van der Waals surface area contributed by atoms with Gasteiger partial charge in [0.2, 0.25) is 0 Å². The maximum absolute atomic E-state index is 11.5. The van der Waals surface area contributed by atoms with Crippen LogP contribution < -0.4 is 0 Å². The highest BCUT2D eigenvalue weighted by Crippen LogP contribution is 2.12. The van der Waals surface area contributed by atoms with Crippen LogP contribution in [0.3, 0.4) is 0 Å². The Morgan fingerprint density at radius 2 is 1.72 bits per heavy atom. The molecule has 0 fully saturated rings. The SMILES string of the molecule is CC(C)(C)OC(=O)O[C@H](CC(=O)O)C[N+](C)(C)C. The van der Waals surface area contributed by atoms with Crippen LogP contribution in [-0.2, 0) is 14.3 Å². The van der Waals surface area contributed by atoms with Crippen LogP contribution in [0.2, 0.25) is 0 Å². The highest BCUT2D eigenvalue weighted by Gasteiger charge is 2.27.